The van der Waals surface area contributed by atoms with Crippen LogP contribution in [-0.2, 0) is 0 Å². The Morgan fingerprint density at radius 1 is 1.12 bits per heavy atom. The van der Waals surface area contributed by atoms with Crippen molar-refractivity contribution in [1.29, 1.82) is 0 Å². The quantitative estimate of drug-likeness (QED) is 0.763. The Labute approximate surface area is 99.2 Å². The van der Waals surface area contributed by atoms with Crippen molar-refractivity contribution in [1.82, 2.24) is 10.2 Å². The predicted octanol–water partition coefficient (Wildman–Crippen LogP) is 1.36. The second-order valence-electron chi connectivity index (χ2n) is 5.50. The van der Waals surface area contributed by atoms with Gasteiger partial charge in [-0.25, -0.2) is 0 Å². The van der Waals surface area contributed by atoms with Gasteiger partial charge in [-0.05, 0) is 39.3 Å². The number of hydrogen-bond acceptors (Lipinski definition) is 3. The van der Waals surface area contributed by atoms with Crippen LogP contribution in [0.4, 0.5) is 0 Å². The van der Waals surface area contributed by atoms with Gasteiger partial charge in [-0.1, -0.05) is 19.3 Å². The van der Waals surface area contributed by atoms with Gasteiger partial charge in [-0.2, -0.15) is 0 Å². The first-order valence-corrected chi connectivity index (χ1v) is 6.89. The maximum atomic E-state index is 9.89. The Kier molecular flexibility index (Phi) is 4.62. The lowest BCUT2D eigenvalue weighted by atomic mass is 9.92. The number of nitrogens with zero attached hydrogens (tertiary/aromatic N) is 1. The minimum Gasteiger partial charge on any atom is -0.392 e. The van der Waals surface area contributed by atoms with Crippen molar-refractivity contribution >= 4 is 0 Å². The topological polar surface area (TPSA) is 35.5 Å². The summed E-state index contributed by atoms with van der Waals surface area (Å²) in [5.41, 5.74) is 0. The third kappa shape index (κ3) is 3.19. The molecule has 16 heavy (non-hydrogen) atoms. The lowest BCUT2D eigenvalue weighted by Gasteiger charge is -2.35. The van der Waals surface area contributed by atoms with Gasteiger partial charge in [0.05, 0.1) is 6.10 Å². The van der Waals surface area contributed by atoms with Crippen molar-refractivity contribution < 1.29 is 5.11 Å². The fourth-order valence-corrected chi connectivity index (χ4v) is 3.04. The number of piperidine rings is 1. The van der Waals surface area contributed by atoms with Crippen LogP contribution >= 0.6 is 0 Å². The molecule has 0 spiro atoms. The van der Waals surface area contributed by atoms with E-state index in [1.54, 1.807) is 0 Å². The molecule has 2 N–H and O–H groups in total. The van der Waals surface area contributed by atoms with Crippen LogP contribution in [0.25, 0.3) is 0 Å². The molecular formula is C13H26N2O. The molecule has 1 heterocycles. The van der Waals surface area contributed by atoms with Gasteiger partial charge < -0.3 is 15.3 Å². The molecule has 2 rings (SSSR count). The van der Waals surface area contributed by atoms with Crippen molar-refractivity contribution in [2.24, 2.45) is 0 Å². The van der Waals surface area contributed by atoms with Gasteiger partial charge in [-0.15, -0.1) is 0 Å². The van der Waals surface area contributed by atoms with Crippen molar-refractivity contribution in [3.63, 3.8) is 0 Å². The molecule has 0 radical (unpaired) electrons. The van der Waals surface area contributed by atoms with E-state index in [4.69, 9.17) is 0 Å². The van der Waals surface area contributed by atoms with E-state index in [1.165, 1.54) is 38.6 Å². The summed E-state index contributed by atoms with van der Waals surface area (Å²) in [5.74, 6) is 0. The van der Waals surface area contributed by atoms with E-state index in [1.807, 2.05) is 0 Å². The maximum absolute atomic E-state index is 9.89. The van der Waals surface area contributed by atoms with E-state index < -0.39 is 0 Å². The Balaban J connectivity index is 1.72. The molecule has 1 saturated carbocycles. The first-order chi connectivity index (χ1) is 7.77. The van der Waals surface area contributed by atoms with Gasteiger partial charge in [0.25, 0.3) is 0 Å². The molecule has 1 unspecified atom stereocenters. The fraction of sp³-hybridized carbons (Fsp3) is 1.00. The molecule has 0 aromatic rings. The SMILES string of the molecule is CN1CCCCC1CN[C@@H]1CCCC[C@H]1O. The molecule has 2 aliphatic rings. The minimum absolute atomic E-state index is 0.109. The van der Waals surface area contributed by atoms with Crippen LogP contribution in [0.1, 0.15) is 44.9 Å². The molecule has 1 saturated heterocycles. The maximum Gasteiger partial charge on any atom is 0.0693 e. The first kappa shape index (κ1) is 12.3. The molecule has 0 amide bonds. The number of likely N-dealkylation sites (N-methyl/N-ethyl adjacent to an activating group) is 1. The van der Waals surface area contributed by atoms with Gasteiger partial charge in [0, 0.05) is 18.6 Å². The lowest BCUT2D eigenvalue weighted by Crippen LogP contribution is -2.49. The van der Waals surface area contributed by atoms with Crippen LogP contribution in [0.2, 0.25) is 0 Å². The standard InChI is InChI=1S/C13H26N2O/c1-15-9-5-4-6-11(15)10-14-12-7-2-3-8-13(12)16/h11-14,16H,2-10H2,1H3/t11?,12-,13-/m1/s1. The molecule has 1 aliphatic heterocycles. The summed E-state index contributed by atoms with van der Waals surface area (Å²) >= 11 is 0. The molecule has 0 aromatic heterocycles. The molecule has 1 aliphatic carbocycles. The third-order valence-electron chi connectivity index (χ3n) is 4.27. The van der Waals surface area contributed by atoms with Gasteiger partial charge >= 0.3 is 0 Å². The Morgan fingerprint density at radius 2 is 1.88 bits per heavy atom. The molecular weight excluding hydrogens is 200 g/mol. The largest absolute Gasteiger partial charge is 0.392 e. The summed E-state index contributed by atoms with van der Waals surface area (Å²) in [7, 11) is 2.23. The van der Waals surface area contributed by atoms with E-state index in [9.17, 15) is 5.11 Å². The molecule has 3 heteroatoms. The normalized spacial score (nSPS) is 37.5. The molecule has 2 fully saturated rings. The highest BCUT2D eigenvalue weighted by atomic mass is 16.3. The zero-order valence-corrected chi connectivity index (χ0v) is 10.5. The molecule has 0 aromatic carbocycles. The van der Waals surface area contributed by atoms with Gasteiger partial charge in [-0.3, -0.25) is 0 Å². The van der Waals surface area contributed by atoms with Crippen molar-refractivity contribution in [3.8, 4) is 0 Å². The summed E-state index contributed by atoms with van der Waals surface area (Å²) in [6, 6.07) is 1.03. The van der Waals surface area contributed by atoms with Crippen molar-refractivity contribution in [3.05, 3.63) is 0 Å². The van der Waals surface area contributed by atoms with Crippen LogP contribution in [0, 0.1) is 0 Å². The molecule has 0 bridgehead atoms. The fourth-order valence-electron chi connectivity index (χ4n) is 3.04. The highest BCUT2D eigenvalue weighted by molar-refractivity contribution is 4.84. The highest BCUT2D eigenvalue weighted by Crippen LogP contribution is 2.19. The number of aliphatic hydroxyl groups excluding tert-OH is 1. The second kappa shape index (κ2) is 5.99. The van der Waals surface area contributed by atoms with Crippen LogP contribution in [0.15, 0.2) is 0 Å². The highest BCUT2D eigenvalue weighted by Gasteiger charge is 2.25. The Hall–Kier alpha value is -0.120. The number of likely N-dealkylation sites (tertiary alicyclic amines) is 1. The summed E-state index contributed by atoms with van der Waals surface area (Å²) in [6.45, 7) is 2.29. The van der Waals surface area contributed by atoms with E-state index in [2.05, 4.69) is 17.3 Å². The van der Waals surface area contributed by atoms with Gasteiger partial charge in [0.15, 0.2) is 0 Å². The van der Waals surface area contributed by atoms with Crippen molar-refractivity contribution in [2.45, 2.75) is 63.1 Å². The average Bonchev–Trinajstić information content (AvgIpc) is 2.30. The summed E-state index contributed by atoms with van der Waals surface area (Å²) in [4.78, 5) is 2.46. The third-order valence-corrected chi connectivity index (χ3v) is 4.27. The number of rotatable bonds is 3. The second-order valence-corrected chi connectivity index (χ2v) is 5.50. The number of nitrogens with one attached hydrogen (secondary N) is 1. The average molecular weight is 226 g/mol. The zero-order chi connectivity index (χ0) is 11.4. The number of hydrogen-bond donors (Lipinski definition) is 2. The Bertz CT molecular complexity index is 188. The number of aliphatic hydroxyl groups is 1. The summed E-state index contributed by atoms with van der Waals surface area (Å²) in [6.07, 6.45) is 8.52. The predicted molar refractivity (Wildman–Crippen MR) is 66.5 cm³/mol. The zero-order valence-electron chi connectivity index (χ0n) is 10.5. The van der Waals surface area contributed by atoms with Crippen LogP contribution < -0.4 is 5.32 Å². The van der Waals surface area contributed by atoms with Crippen molar-refractivity contribution in [2.75, 3.05) is 20.1 Å². The first-order valence-electron chi connectivity index (χ1n) is 6.89. The van der Waals surface area contributed by atoms with Gasteiger partial charge in [0.1, 0.15) is 0 Å². The minimum atomic E-state index is -0.109. The Morgan fingerprint density at radius 3 is 2.62 bits per heavy atom. The van der Waals surface area contributed by atoms with Crippen LogP contribution in [0.3, 0.4) is 0 Å². The summed E-state index contributed by atoms with van der Waals surface area (Å²) in [5, 5.41) is 13.5. The van der Waals surface area contributed by atoms with E-state index in [-0.39, 0.29) is 6.10 Å². The van der Waals surface area contributed by atoms with Crippen LogP contribution in [-0.4, -0.2) is 48.3 Å². The summed E-state index contributed by atoms with van der Waals surface area (Å²) < 4.78 is 0. The molecule has 3 nitrogen and oxygen atoms in total. The lowest BCUT2D eigenvalue weighted by molar-refractivity contribution is 0.0829. The molecule has 3 atom stereocenters. The van der Waals surface area contributed by atoms with E-state index in [0.717, 1.165) is 19.4 Å². The smallest absolute Gasteiger partial charge is 0.0693 e. The monoisotopic (exact) mass is 226 g/mol. The van der Waals surface area contributed by atoms with E-state index in [0.29, 0.717) is 12.1 Å². The van der Waals surface area contributed by atoms with Crippen LogP contribution in [0.5, 0.6) is 0 Å². The van der Waals surface area contributed by atoms with Gasteiger partial charge in [0.2, 0.25) is 0 Å². The van der Waals surface area contributed by atoms with E-state index >= 15 is 0 Å². The molecule has 94 valence electrons.